The number of rotatable bonds is 5. The summed E-state index contributed by atoms with van der Waals surface area (Å²) in [5.41, 5.74) is -1.08. The first-order chi connectivity index (χ1) is 8.46. The summed E-state index contributed by atoms with van der Waals surface area (Å²) >= 11 is 6.51. The van der Waals surface area contributed by atoms with Gasteiger partial charge in [0, 0.05) is 14.5 Å². The molecule has 0 heterocycles. The average Bonchev–Trinajstić information content (AvgIpc) is 2.35. The molecular formula is C11H13Br2NO4. The normalized spacial score (nSPS) is 11.4. The first-order valence-corrected chi connectivity index (χ1v) is 6.66. The van der Waals surface area contributed by atoms with Crippen LogP contribution in [-0.4, -0.2) is 46.6 Å². The molecular weight excluding hydrogens is 370 g/mol. The molecule has 0 radical (unpaired) electrons. The lowest BCUT2D eigenvalue weighted by Crippen LogP contribution is -2.57. The Morgan fingerprint density at radius 1 is 1.06 bits per heavy atom. The molecule has 0 aliphatic heterocycles. The van der Waals surface area contributed by atoms with Crippen LogP contribution in [-0.2, 0) is 0 Å². The second kappa shape index (κ2) is 6.63. The first kappa shape index (κ1) is 15.6. The van der Waals surface area contributed by atoms with Crippen LogP contribution in [0.5, 0.6) is 0 Å². The van der Waals surface area contributed by atoms with E-state index in [0.29, 0.717) is 14.5 Å². The number of hydrogen-bond acceptors (Lipinski definition) is 4. The number of aliphatic hydroxyl groups is 3. The third-order valence-electron chi connectivity index (χ3n) is 2.41. The lowest BCUT2D eigenvalue weighted by molar-refractivity contribution is 0.0375. The quantitative estimate of drug-likeness (QED) is 0.602. The van der Waals surface area contributed by atoms with Gasteiger partial charge in [-0.15, -0.1) is 0 Å². The molecule has 0 aliphatic rings. The van der Waals surface area contributed by atoms with Crippen LogP contribution in [0.3, 0.4) is 0 Å². The molecule has 4 N–H and O–H groups in total. The molecule has 0 atom stereocenters. The van der Waals surface area contributed by atoms with E-state index in [-0.39, 0.29) is 0 Å². The number of carbonyl (C=O) groups is 1. The Bertz CT molecular complexity index is 407. The molecule has 0 aliphatic carbocycles. The monoisotopic (exact) mass is 381 g/mol. The molecule has 5 nitrogen and oxygen atoms in total. The molecule has 0 fully saturated rings. The van der Waals surface area contributed by atoms with Crippen molar-refractivity contribution in [2.75, 3.05) is 19.8 Å². The highest BCUT2D eigenvalue weighted by Gasteiger charge is 2.30. The number of hydrogen-bond donors (Lipinski definition) is 4. The third kappa shape index (κ3) is 3.76. The van der Waals surface area contributed by atoms with Gasteiger partial charge in [0.1, 0.15) is 5.54 Å². The van der Waals surface area contributed by atoms with Crippen molar-refractivity contribution in [3.63, 3.8) is 0 Å². The molecule has 0 saturated heterocycles. The number of halogens is 2. The van der Waals surface area contributed by atoms with Crippen LogP contribution in [0.25, 0.3) is 0 Å². The van der Waals surface area contributed by atoms with Gasteiger partial charge in [0.15, 0.2) is 0 Å². The van der Waals surface area contributed by atoms with Crippen LogP contribution in [0.4, 0.5) is 0 Å². The van der Waals surface area contributed by atoms with E-state index in [1.807, 2.05) is 0 Å². The second-order valence-electron chi connectivity index (χ2n) is 3.87. The molecule has 1 aromatic carbocycles. The second-order valence-corrected chi connectivity index (χ2v) is 5.70. The zero-order chi connectivity index (χ0) is 13.8. The third-order valence-corrected chi connectivity index (χ3v) is 3.33. The highest BCUT2D eigenvalue weighted by atomic mass is 79.9. The summed E-state index contributed by atoms with van der Waals surface area (Å²) in [6, 6.07) is 4.96. The number of carbonyl (C=O) groups excluding carboxylic acids is 1. The zero-order valence-corrected chi connectivity index (χ0v) is 12.5. The van der Waals surface area contributed by atoms with Crippen molar-refractivity contribution < 1.29 is 20.1 Å². The zero-order valence-electron chi connectivity index (χ0n) is 9.36. The van der Waals surface area contributed by atoms with Crippen LogP contribution in [0.15, 0.2) is 27.1 Å². The van der Waals surface area contributed by atoms with Crippen molar-refractivity contribution in [2.24, 2.45) is 0 Å². The Labute approximate surface area is 121 Å². The van der Waals surface area contributed by atoms with Crippen LogP contribution < -0.4 is 5.32 Å². The molecule has 100 valence electrons. The van der Waals surface area contributed by atoms with Gasteiger partial charge < -0.3 is 20.6 Å². The van der Waals surface area contributed by atoms with Gasteiger partial charge >= 0.3 is 0 Å². The van der Waals surface area contributed by atoms with E-state index in [1.165, 1.54) is 0 Å². The van der Waals surface area contributed by atoms with Crippen LogP contribution in [0.2, 0.25) is 0 Å². The Morgan fingerprint density at radius 2 is 1.50 bits per heavy atom. The first-order valence-electron chi connectivity index (χ1n) is 5.07. The van der Waals surface area contributed by atoms with Gasteiger partial charge in [0.2, 0.25) is 0 Å². The fraction of sp³-hybridized carbons (Fsp3) is 0.364. The number of amides is 1. The molecule has 0 bridgehead atoms. The van der Waals surface area contributed by atoms with Gasteiger partial charge in [0.05, 0.1) is 19.8 Å². The fourth-order valence-corrected chi connectivity index (χ4v) is 2.56. The van der Waals surface area contributed by atoms with Crippen LogP contribution in [0, 0.1) is 0 Å². The lowest BCUT2D eigenvalue weighted by atomic mass is 10.0. The minimum absolute atomic E-state index is 0.343. The van der Waals surface area contributed by atoms with E-state index in [9.17, 15) is 4.79 Å². The molecule has 0 aromatic heterocycles. The Morgan fingerprint density at radius 3 is 1.89 bits per heavy atom. The Kier molecular flexibility index (Phi) is 5.74. The maximum absolute atomic E-state index is 12.0. The largest absolute Gasteiger partial charge is 0.394 e. The van der Waals surface area contributed by atoms with Gasteiger partial charge in [-0.2, -0.15) is 0 Å². The summed E-state index contributed by atoms with van der Waals surface area (Å²) in [4.78, 5) is 12.0. The van der Waals surface area contributed by atoms with E-state index in [2.05, 4.69) is 37.2 Å². The standard InChI is InChI=1S/C11H13Br2NO4/c12-8-1-7(2-9(13)3-8)10(18)14-11(4-15,5-16)6-17/h1-3,15-17H,4-6H2,(H,14,18). The Balaban J connectivity index is 2.94. The summed E-state index contributed by atoms with van der Waals surface area (Å²) in [6.45, 7) is -1.66. The van der Waals surface area contributed by atoms with Gasteiger partial charge in [0.25, 0.3) is 5.91 Å². The van der Waals surface area contributed by atoms with Crippen LogP contribution in [0.1, 0.15) is 10.4 Å². The molecule has 1 rings (SSSR count). The number of aliphatic hydroxyl groups excluding tert-OH is 3. The summed E-state index contributed by atoms with van der Waals surface area (Å²) in [5, 5.41) is 29.8. The van der Waals surface area contributed by atoms with E-state index >= 15 is 0 Å². The number of benzene rings is 1. The summed E-state index contributed by atoms with van der Waals surface area (Å²) in [5.74, 6) is -0.492. The Hall–Kier alpha value is -0.470. The SMILES string of the molecule is O=C(NC(CO)(CO)CO)c1cc(Br)cc(Br)c1. The molecule has 0 saturated carbocycles. The maximum atomic E-state index is 12.0. The smallest absolute Gasteiger partial charge is 0.252 e. The van der Waals surface area contributed by atoms with Crippen molar-refractivity contribution in [2.45, 2.75) is 5.54 Å². The summed E-state index contributed by atoms with van der Waals surface area (Å²) < 4.78 is 1.43. The number of nitrogens with one attached hydrogen (secondary N) is 1. The molecule has 0 spiro atoms. The van der Waals surface area contributed by atoms with Gasteiger partial charge in [-0.1, -0.05) is 31.9 Å². The van der Waals surface area contributed by atoms with Gasteiger partial charge in [-0.3, -0.25) is 4.79 Å². The predicted molar refractivity (Wildman–Crippen MR) is 73.3 cm³/mol. The molecule has 18 heavy (non-hydrogen) atoms. The molecule has 7 heteroatoms. The topological polar surface area (TPSA) is 89.8 Å². The molecule has 1 aromatic rings. The van der Waals surface area contributed by atoms with Crippen molar-refractivity contribution in [1.82, 2.24) is 5.32 Å². The lowest BCUT2D eigenvalue weighted by Gasteiger charge is -2.28. The van der Waals surface area contributed by atoms with E-state index in [1.54, 1.807) is 18.2 Å². The summed E-state index contributed by atoms with van der Waals surface area (Å²) in [6.07, 6.45) is 0. The molecule has 0 unspecified atom stereocenters. The summed E-state index contributed by atoms with van der Waals surface area (Å²) in [7, 11) is 0. The van der Waals surface area contributed by atoms with Crippen molar-refractivity contribution in [3.8, 4) is 0 Å². The maximum Gasteiger partial charge on any atom is 0.252 e. The highest BCUT2D eigenvalue weighted by molar-refractivity contribution is 9.11. The van der Waals surface area contributed by atoms with Crippen molar-refractivity contribution in [3.05, 3.63) is 32.7 Å². The minimum Gasteiger partial charge on any atom is -0.394 e. The van der Waals surface area contributed by atoms with Crippen LogP contribution >= 0.6 is 31.9 Å². The van der Waals surface area contributed by atoms with Crippen molar-refractivity contribution >= 4 is 37.8 Å². The van der Waals surface area contributed by atoms with E-state index in [4.69, 9.17) is 15.3 Å². The highest BCUT2D eigenvalue weighted by Crippen LogP contribution is 2.20. The van der Waals surface area contributed by atoms with Crippen molar-refractivity contribution in [1.29, 1.82) is 0 Å². The molecule has 1 amide bonds. The van der Waals surface area contributed by atoms with E-state index in [0.717, 1.165) is 0 Å². The fourth-order valence-electron chi connectivity index (χ4n) is 1.27. The van der Waals surface area contributed by atoms with Gasteiger partial charge in [-0.25, -0.2) is 0 Å². The van der Waals surface area contributed by atoms with E-state index < -0.39 is 31.3 Å². The van der Waals surface area contributed by atoms with Gasteiger partial charge in [-0.05, 0) is 18.2 Å². The average molecular weight is 383 g/mol. The predicted octanol–water partition coefficient (Wildman–Crippen LogP) is 0.657. The minimum atomic E-state index is -1.42.